The van der Waals surface area contributed by atoms with Crippen molar-refractivity contribution in [2.24, 2.45) is 0 Å². The fraction of sp³-hybridized carbons (Fsp3) is 0.933. The van der Waals surface area contributed by atoms with Crippen LogP contribution in [-0.2, 0) is 9.53 Å². The van der Waals surface area contributed by atoms with Crippen LogP contribution in [0.5, 0.6) is 0 Å². The van der Waals surface area contributed by atoms with E-state index in [1.54, 1.807) is 0 Å². The monoisotopic (exact) mass is 274 g/mol. The summed E-state index contributed by atoms with van der Waals surface area (Å²) in [6.45, 7) is 13.5. The number of carbonyl (C=O) groups is 1. The first-order chi connectivity index (χ1) is 9.16. The maximum absolute atomic E-state index is 11.4. The van der Waals surface area contributed by atoms with Crippen molar-refractivity contribution in [2.75, 3.05) is 26.3 Å². The molecule has 0 aromatic rings. The lowest BCUT2D eigenvalue weighted by atomic mass is 10.2. The van der Waals surface area contributed by atoms with E-state index in [1.165, 1.54) is 0 Å². The molecule has 4 nitrogen and oxygen atoms in total. The van der Waals surface area contributed by atoms with E-state index in [4.69, 9.17) is 4.74 Å². The summed E-state index contributed by atoms with van der Waals surface area (Å²) in [5.41, 5.74) is 0. The van der Waals surface area contributed by atoms with Gasteiger partial charge in [-0.3, -0.25) is 4.79 Å². The van der Waals surface area contributed by atoms with Crippen LogP contribution in [0.3, 0.4) is 0 Å². The lowest BCUT2D eigenvalue weighted by Gasteiger charge is -2.08. The zero-order valence-electron chi connectivity index (χ0n) is 13.6. The van der Waals surface area contributed by atoms with Crippen molar-refractivity contribution < 1.29 is 9.53 Å². The number of unbranched alkanes of at least 4 members (excludes halogenated alkanes) is 1. The predicted octanol–water partition coefficient (Wildman–Crippen LogP) is 2.72. The Kier molecular flexibility index (Phi) is 18.9. The maximum atomic E-state index is 11.4. The van der Waals surface area contributed by atoms with Crippen molar-refractivity contribution in [3.8, 4) is 0 Å². The Hall–Kier alpha value is -0.610. The van der Waals surface area contributed by atoms with Crippen LogP contribution in [0.4, 0.5) is 0 Å². The van der Waals surface area contributed by atoms with E-state index >= 15 is 0 Å². The van der Waals surface area contributed by atoms with Gasteiger partial charge in [0.15, 0.2) is 0 Å². The molecule has 0 aromatic carbocycles. The quantitative estimate of drug-likeness (QED) is 0.570. The summed E-state index contributed by atoms with van der Waals surface area (Å²) in [4.78, 5) is 11.4. The van der Waals surface area contributed by atoms with Crippen LogP contribution in [0.1, 0.15) is 60.3 Å². The molecule has 0 bridgehead atoms. The minimum Gasteiger partial charge on any atom is -0.382 e. The lowest BCUT2D eigenvalue weighted by Crippen LogP contribution is -2.27. The van der Waals surface area contributed by atoms with Crippen LogP contribution in [0.2, 0.25) is 0 Å². The van der Waals surface area contributed by atoms with Gasteiger partial charge in [0.2, 0.25) is 5.91 Å². The first kappa shape index (κ1) is 20.7. The van der Waals surface area contributed by atoms with Crippen molar-refractivity contribution in [2.45, 2.75) is 66.3 Å². The molecule has 2 N–H and O–H groups in total. The van der Waals surface area contributed by atoms with Gasteiger partial charge in [0.05, 0.1) is 0 Å². The molecular formula is C15H34N2O2. The summed E-state index contributed by atoms with van der Waals surface area (Å²) in [6, 6.07) is 0.545. The number of nitrogens with one attached hydrogen (secondary N) is 2. The van der Waals surface area contributed by atoms with Gasteiger partial charge in [-0.2, -0.15) is 0 Å². The molecule has 0 aliphatic rings. The normalized spacial score (nSPS) is 10.0. The van der Waals surface area contributed by atoms with E-state index in [9.17, 15) is 4.79 Å². The van der Waals surface area contributed by atoms with Crippen molar-refractivity contribution >= 4 is 5.91 Å². The average Bonchev–Trinajstić information content (AvgIpc) is 2.41. The minimum absolute atomic E-state index is 0.140. The summed E-state index contributed by atoms with van der Waals surface area (Å²) in [5, 5.41) is 6.28. The largest absolute Gasteiger partial charge is 0.382 e. The summed E-state index contributed by atoms with van der Waals surface area (Å²) < 4.78 is 5.18. The Morgan fingerprint density at radius 2 is 1.74 bits per heavy atom. The highest BCUT2D eigenvalue weighted by atomic mass is 16.5. The third-order valence-electron chi connectivity index (χ3n) is 2.37. The van der Waals surface area contributed by atoms with Gasteiger partial charge in [-0.05, 0) is 32.7 Å². The molecule has 116 valence electrons. The molecule has 0 atom stereocenters. The smallest absolute Gasteiger partial charge is 0.220 e. The second kappa shape index (κ2) is 17.4. The predicted molar refractivity (Wildman–Crippen MR) is 82.5 cm³/mol. The van der Waals surface area contributed by atoms with E-state index in [0.29, 0.717) is 19.1 Å². The first-order valence-electron chi connectivity index (χ1n) is 7.74. The highest BCUT2D eigenvalue weighted by Crippen LogP contribution is 1.91. The Balaban J connectivity index is 0. The average molecular weight is 274 g/mol. The van der Waals surface area contributed by atoms with Gasteiger partial charge < -0.3 is 15.4 Å². The number of hydrogen-bond acceptors (Lipinski definition) is 3. The molecule has 0 aromatic heterocycles. The fourth-order valence-electron chi connectivity index (χ4n) is 1.44. The van der Waals surface area contributed by atoms with Gasteiger partial charge >= 0.3 is 0 Å². The molecule has 0 fully saturated rings. The second-order valence-corrected chi connectivity index (χ2v) is 4.47. The highest BCUT2D eigenvalue weighted by Gasteiger charge is 2.00. The van der Waals surface area contributed by atoms with Crippen LogP contribution in [0.25, 0.3) is 0 Å². The van der Waals surface area contributed by atoms with Crippen LogP contribution < -0.4 is 10.6 Å². The lowest BCUT2D eigenvalue weighted by molar-refractivity contribution is -0.121. The van der Waals surface area contributed by atoms with Gasteiger partial charge in [0.1, 0.15) is 0 Å². The summed E-state index contributed by atoms with van der Waals surface area (Å²) in [7, 11) is 0. The Bertz CT molecular complexity index is 185. The van der Waals surface area contributed by atoms with Gasteiger partial charge in [0, 0.05) is 32.2 Å². The molecule has 1 amide bonds. The van der Waals surface area contributed by atoms with Crippen molar-refractivity contribution in [1.29, 1.82) is 0 Å². The Morgan fingerprint density at radius 3 is 2.32 bits per heavy atom. The van der Waals surface area contributed by atoms with E-state index in [0.717, 1.165) is 39.0 Å². The zero-order chi connectivity index (χ0) is 14.9. The van der Waals surface area contributed by atoms with Crippen LogP contribution in [-0.4, -0.2) is 38.3 Å². The number of hydrogen-bond donors (Lipinski definition) is 2. The number of carbonyl (C=O) groups excluding carboxylic acids is 1. The Labute approximate surface area is 119 Å². The molecule has 4 heteroatoms. The number of rotatable bonds is 11. The van der Waals surface area contributed by atoms with E-state index < -0.39 is 0 Å². The second-order valence-electron chi connectivity index (χ2n) is 4.47. The van der Waals surface area contributed by atoms with Gasteiger partial charge in [-0.15, -0.1) is 0 Å². The topological polar surface area (TPSA) is 50.4 Å². The van der Waals surface area contributed by atoms with Crippen LogP contribution in [0.15, 0.2) is 0 Å². The molecule has 0 unspecified atom stereocenters. The van der Waals surface area contributed by atoms with Gasteiger partial charge in [0.25, 0.3) is 0 Å². The minimum atomic E-state index is 0.140. The van der Waals surface area contributed by atoms with Crippen molar-refractivity contribution in [1.82, 2.24) is 10.6 Å². The van der Waals surface area contributed by atoms with Crippen LogP contribution in [0, 0.1) is 0 Å². The molecule has 0 saturated carbocycles. The zero-order valence-corrected chi connectivity index (χ0v) is 13.6. The van der Waals surface area contributed by atoms with Crippen molar-refractivity contribution in [3.63, 3.8) is 0 Å². The third kappa shape index (κ3) is 19.9. The van der Waals surface area contributed by atoms with Crippen LogP contribution >= 0.6 is 0 Å². The molecule has 0 heterocycles. The molecule has 0 spiro atoms. The summed E-state index contributed by atoms with van der Waals surface area (Å²) >= 11 is 0. The standard InChI is InChI=1S/C13H28N2O2.C2H6/c1-4-17-11-7-8-13(16)15-10-6-5-9-14-12(2)3;1-2/h12,14H,4-11H2,1-3H3,(H,15,16);1-2H3. The maximum Gasteiger partial charge on any atom is 0.220 e. The third-order valence-corrected chi connectivity index (χ3v) is 2.37. The molecule has 0 saturated heterocycles. The summed E-state index contributed by atoms with van der Waals surface area (Å²) in [6.07, 6.45) is 3.53. The highest BCUT2D eigenvalue weighted by molar-refractivity contribution is 5.75. The molecule has 0 rings (SSSR count). The molecule has 0 radical (unpaired) electrons. The van der Waals surface area contributed by atoms with Crippen molar-refractivity contribution in [3.05, 3.63) is 0 Å². The molecular weight excluding hydrogens is 240 g/mol. The molecule has 19 heavy (non-hydrogen) atoms. The Morgan fingerprint density at radius 1 is 1.11 bits per heavy atom. The number of amides is 1. The van der Waals surface area contributed by atoms with Gasteiger partial charge in [-0.25, -0.2) is 0 Å². The molecule has 0 aliphatic heterocycles. The van der Waals surface area contributed by atoms with E-state index in [2.05, 4.69) is 24.5 Å². The summed E-state index contributed by atoms with van der Waals surface area (Å²) in [5.74, 6) is 0.140. The van der Waals surface area contributed by atoms with E-state index in [1.807, 2.05) is 20.8 Å². The first-order valence-corrected chi connectivity index (χ1v) is 7.74. The number of ether oxygens (including phenoxy) is 1. The van der Waals surface area contributed by atoms with E-state index in [-0.39, 0.29) is 5.91 Å². The van der Waals surface area contributed by atoms with Gasteiger partial charge in [-0.1, -0.05) is 27.7 Å². The molecule has 0 aliphatic carbocycles. The SMILES string of the molecule is CC.CCOCCCC(=O)NCCCCNC(C)C. The fourth-order valence-corrected chi connectivity index (χ4v) is 1.44.